The molecular weight excluding hydrogens is 328 g/mol. The maximum atomic E-state index is 10.4. The summed E-state index contributed by atoms with van der Waals surface area (Å²) in [6.45, 7) is 4.92. The molecule has 21 heavy (non-hydrogen) atoms. The normalized spacial score (nSPS) is 11.2. The molecule has 2 aromatic carbocycles. The second kappa shape index (κ2) is 5.53. The van der Waals surface area contributed by atoms with Gasteiger partial charge in [-0.2, -0.15) is 0 Å². The second-order valence-electron chi connectivity index (χ2n) is 5.19. The van der Waals surface area contributed by atoms with Crippen molar-refractivity contribution in [2.75, 3.05) is 0 Å². The van der Waals surface area contributed by atoms with Crippen LogP contribution in [0.25, 0.3) is 22.4 Å². The molecule has 0 bridgehead atoms. The Kier molecular flexibility index (Phi) is 3.72. The molecule has 0 atom stereocenters. The van der Waals surface area contributed by atoms with Gasteiger partial charge in [-0.25, -0.2) is 4.98 Å². The number of aromatic nitrogens is 2. The molecule has 3 rings (SSSR count). The molecule has 1 N–H and O–H groups in total. The van der Waals surface area contributed by atoms with Gasteiger partial charge in [0.2, 0.25) is 0 Å². The molecular formula is C17H17BrN2O. The Bertz CT molecular complexity index is 808. The van der Waals surface area contributed by atoms with Gasteiger partial charge >= 0.3 is 0 Å². The average molecular weight is 345 g/mol. The summed E-state index contributed by atoms with van der Waals surface area (Å²) in [7, 11) is 0. The zero-order chi connectivity index (χ0) is 15.0. The lowest BCUT2D eigenvalue weighted by Crippen LogP contribution is -2.00. The lowest BCUT2D eigenvalue weighted by atomic mass is 10.1. The number of hydrogen-bond donors (Lipinski definition) is 1. The summed E-state index contributed by atoms with van der Waals surface area (Å²) in [5, 5.41) is 10.4. The number of benzene rings is 2. The molecule has 3 nitrogen and oxygen atoms in total. The third-order valence-corrected chi connectivity index (χ3v) is 4.13. The number of imidazole rings is 1. The number of para-hydroxylation sites is 1. The van der Waals surface area contributed by atoms with Crippen LogP contribution in [0, 0.1) is 6.92 Å². The van der Waals surface area contributed by atoms with E-state index in [9.17, 15) is 5.11 Å². The van der Waals surface area contributed by atoms with Crippen LogP contribution in [-0.2, 0) is 6.54 Å². The first-order chi connectivity index (χ1) is 10.1. The standard InChI is InChI=1S/C17H17BrN2O/c1-3-9-20-15-8-7-12(18)10-14(15)19-17(20)13-6-4-5-11(2)16(13)21/h4-8,10,21H,3,9H2,1-2H3. The van der Waals surface area contributed by atoms with Crippen molar-refractivity contribution in [3.63, 3.8) is 0 Å². The Balaban J connectivity index is 2.30. The number of aromatic hydroxyl groups is 1. The van der Waals surface area contributed by atoms with Gasteiger partial charge in [-0.15, -0.1) is 0 Å². The molecule has 0 saturated carbocycles. The highest BCUT2D eigenvalue weighted by Gasteiger charge is 2.16. The van der Waals surface area contributed by atoms with E-state index in [2.05, 4.69) is 33.5 Å². The quantitative estimate of drug-likeness (QED) is 0.734. The van der Waals surface area contributed by atoms with E-state index >= 15 is 0 Å². The fraction of sp³-hybridized carbons (Fsp3) is 0.235. The fourth-order valence-corrected chi connectivity index (χ4v) is 2.95. The number of hydrogen-bond acceptors (Lipinski definition) is 2. The van der Waals surface area contributed by atoms with Crippen LogP contribution in [0.3, 0.4) is 0 Å². The molecule has 0 fully saturated rings. The van der Waals surface area contributed by atoms with E-state index in [-0.39, 0.29) is 0 Å². The van der Waals surface area contributed by atoms with Crippen LogP contribution in [0.1, 0.15) is 18.9 Å². The van der Waals surface area contributed by atoms with Gasteiger partial charge in [0, 0.05) is 11.0 Å². The molecule has 0 radical (unpaired) electrons. The summed E-state index contributed by atoms with van der Waals surface area (Å²) >= 11 is 3.49. The Morgan fingerprint density at radius 2 is 2.05 bits per heavy atom. The molecule has 3 aromatic rings. The molecule has 0 amide bonds. The minimum Gasteiger partial charge on any atom is -0.507 e. The zero-order valence-electron chi connectivity index (χ0n) is 12.1. The third kappa shape index (κ3) is 2.44. The molecule has 1 heterocycles. The summed E-state index contributed by atoms with van der Waals surface area (Å²) in [6.07, 6.45) is 1.01. The highest BCUT2D eigenvalue weighted by atomic mass is 79.9. The third-order valence-electron chi connectivity index (χ3n) is 3.64. The summed E-state index contributed by atoms with van der Waals surface area (Å²) in [5.41, 5.74) is 3.68. The van der Waals surface area contributed by atoms with Gasteiger partial charge in [0.15, 0.2) is 0 Å². The molecule has 0 aliphatic carbocycles. The summed E-state index contributed by atoms with van der Waals surface area (Å²) in [4.78, 5) is 4.74. The number of nitrogens with zero attached hydrogens (tertiary/aromatic N) is 2. The first-order valence-electron chi connectivity index (χ1n) is 7.06. The number of rotatable bonds is 3. The van der Waals surface area contributed by atoms with Crippen LogP contribution in [0.5, 0.6) is 5.75 Å². The lowest BCUT2D eigenvalue weighted by Gasteiger charge is -2.10. The Morgan fingerprint density at radius 3 is 2.81 bits per heavy atom. The molecule has 0 aliphatic rings. The van der Waals surface area contributed by atoms with Crippen LogP contribution in [0.4, 0.5) is 0 Å². The maximum Gasteiger partial charge on any atom is 0.144 e. The minimum atomic E-state index is 0.309. The topological polar surface area (TPSA) is 38.0 Å². The average Bonchev–Trinajstić information content (AvgIpc) is 2.80. The first kappa shape index (κ1) is 14.1. The SMILES string of the molecule is CCCn1c(-c2cccc(C)c2O)nc2cc(Br)ccc21. The Labute approximate surface area is 132 Å². The molecule has 0 saturated heterocycles. The van der Waals surface area contributed by atoms with Crippen LogP contribution in [0.15, 0.2) is 40.9 Å². The van der Waals surface area contributed by atoms with Crippen molar-refractivity contribution in [1.29, 1.82) is 0 Å². The van der Waals surface area contributed by atoms with E-state index in [4.69, 9.17) is 4.98 Å². The summed E-state index contributed by atoms with van der Waals surface area (Å²) < 4.78 is 3.19. The largest absolute Gasteiger partial charge is 0.507 e. The fourth-order valence-electron chi connectivity index (χ4n) is 2.60. The maximum absolute atomic E-state index is 10.4. The van der Waals surface area contributed by atoms with Gasteiger partial charge in [-0.1, -0.05) is 35.0 Å². The second-order valence-corrected chi connectivity index (χ2v) is 6.11. The van der Waals surface area contributed by atoms with Gasteiger partial charge in [0.25, 0.3) is 0 Å². The van der Waals surface area contributed by atoms with Crippen molar-refractivity contribution in [2.24, 2.45) is 0 Å². The number of aryl methyl sites for hydroxylation is 2. The van der Waals surface area contributed by atoms with Crippen LogP contribution >= 0.6 is 15.9 Å². The Morgan fingerprint density at radius 1 is 1.24 bits per heavy atom. The lowest BCUT2D eigenvalue weighted by molar-refractivity contribution is 0.472. The van der Waals surface area contributed by atoms with Crippen LogP contribution < -0.4 is 0 Å². The monoisotopic (exact) mass is 344 g/mol. The van der Waals surface area contributed by atoms with Crippen molar-refractivity contribution in [3.05, 3.63) is 46.4 Å². The predicted octanol–water partition coefficient (Wildman–Crippen LogP) is 4.89. The first-order valence-corrected chi connectivity index (χ1v) is 7.86. The van der Waals surface area contributed by atoms with Crippen LogP contribution in [-0.4, -0.2) is 14.7 Å². The number of halogens is 1. The van der Waals surface area contributed by atoms with E-state index in [1.807, 2.05) is 37.3 Å². The molecule has 0 aliphatic heterocycles. The van der Waals surface area contributed by atoms with Gasteiger partial charge < -0.3 is 9.67 Å². The highest BCUT2D eigenvalue weighted by Crippen LogP contribution is 2.34. The van der Waals surface area contributed by atoms with E-state index < -0.39 is 0 Å². The van der Waals surface area contributed by atoms with Crippen LogP contribution in [0.2, 0.25) is 0 Å². The summed E-state index contributed by atoms with van der Waals surface area (Å²) in [5.74, 6) is 1.13. The van der Waals surface area contributed by atoms with Gasteiger partial charge in [-0.3, -0.25) is 0 Å². The molecule has 4 heteroatoms. The summed E-state index contributed by atoms with van der Waals surface area (Å²) in [6, 6.07) is 11.9. The van der Waals surface area contributed by atoms with Gasteiger partial charge in [0.05, 0.1) is 16.6 Å². The van der Waals surface area contributed by atoms with Crippen molar-refractivity contribution < 1.29 is 5.11 Å². The van der Waals surface area contributed by atoms with E-state index in [1.54, 1.807) is 0 Å². The van der Waals surface area contributed by atoms with Crippen molar-refractivity contribution in [3.8, 4) is 17.1 Å². The van der Waals surface area contributed by atoms with Crippen molar-refractivity contribution >= 4 is 27.0 Å². The zero-order valence-corrected chi connectivity index (χ0v) is 13.7. The van der Waals surface area contributed by atoms with Crippen molar-refractivity contribution in [2.45, 2.75) is 26.8 Å². The molecule has 1 aromatic heterocycles. The van der Waals surface area contributed by atoms with E-state index in [0.29, 0.717) is 5.75 Å². The van der Waals surface area contributed by atoms with E-state index in [0.717, 1.165) is 45.4 Å². The van der Waals surface area contributed by atoms with Gasteiger partial charge in [-0.05, 0) is 43.2 Å². The van der Waals surface area contributed by atoms with Gasteiger partial charge in [0.1, 0.15) is 11.6 Å². The molecule has 108 valence electrons. The number of phenols is 1. The van der Waals surface area contributed by atoms with Crippen molar-refractivity contribution in [1.82, 2.24) is 9.55 Å². The number of fused-ring (bicyclic) bond motifs is 1. The molecule has 0 spiro atoms. The number of phenolic OH excluding ortho intramolecular Hbond substituents is 1. The highest BCUT2D eigenvalue weighted by molar-refractivity contribution is 9.10. The van der Waals surface area contributed by atoms with E-state index in [1.165, 1.54) is 0 Å². The molecule has 0 unspecified atom stereocenters. The smallest absolute Gasteiger partial charge is 0.144 e. The predicted molar refractivity (Wildman–Crippen MR) is 89.6 cm³/mol. The Hall–Kier alpha value is -1.81. The minimum absolute atomic E-state index is 0.309.